The zero-order valence-electron chi connectivity index (χ0n) is 19.2. The molecule has 0 saturated carbocycles. The second-order valence-electron chi connectivity index (χ2n) is 8.50. The van der Waals surface area contributed by atoms with Crippen LogP contribution < -0.4 is 10.6 Å². The summed E-state index contributed by atoms with van der Waals surface area (Å²) >= 11 is 5.96. The van der Waals surface area contributed by atoms with E-state index in [0.29, 0.717) is 0 Å². The second-order valence-corrected chi connectivity index (χ2v) is 8.91. The van der Waals surface area contributed by atoms with Gasteiger partial charge in [0.2, 0.25) is 5.91 Å². The van der Waals surface area contributed by atoms with E-state index in [1.807, 2.05) is 36.4 Å². The van der Waals surface area contributed by atoms with Crippen molar-refractivity contribution in [3.05, 3.63) is 88.4 Å². The van der Waals surface area contributed by atoms with E-state index in [-0.39, 0.29) is 28.8 Å². The lowest BCUT2D eigenvalue weighted by molar-refractivity contribution is -0.120. The third-order valence-corrected chi connectivity index (χ3v) is 6.65. The minimum absolute atomic E-state index is 0.0211. The number of halogens is 1. The predicted molar refractivity (Wildman–Crippen MR) is 134 cm³/mol. The highest BCUT2D eigenvalue weighted by Gasteiger charge is 2.30. The van der Waals surface area contributed by atoms with Crippen molar-refractivity contribution in [1.82, 2.24) is 5.32 Å². The molecule has 1 aliphatic carbocycles. The number of hydrogen-bond donors (Lipinski definition) is 3. The van der Waals surface area contributed by atoms with Gasteiger partial charge in [-0.1, -0.05) is 73.1 Å². The first kappa shape index (κ1) is 24.3. The summed E-state index contributed by atoms with van der Waals surface area (Å²) in [6.07, 6.45) is -0.631. The van der Waals surface area contributed by atoms with Crippen LogP contribution in [0.2, 0.25) is 5.02 Å². The molecule has 180 valence electrons. The van der Waals surface area contributed by atoms with Crippen LogP contribution in [0.3, 0.4) is 0 Å². The Morgan fingerprint density at radius 2 is 1.54 bits per heavy atom. The molecule has 0 aliphatic heterocycles. The van der Waals surface area contributed by atoms with Crippen LogP contribution in [0.4, 0.5) is 10.5 Å². The first-order chi connectivity index (χ1) is 16.8. The van der Waals surface area contributed by atoms with Gasteiger partial charge in [-0.2, -0.15) is 0 Å². The van der Waals surface area contributed by atoms with Gasteiger partial charge >= 0.3 is 12.1 Å². The molecule has 0 radical (unpaired) electrons. The molecule has 0 saturated heterocycles. The van der Waals surface area contributed by atoms with Crippen molar-refractivity contribution in [3.63, 3.8) is 0 Å². The third-order valence-electron chi connectivity index (χ3n) is 6.34. The van der Waals surface area contributed by atoms with Crippen LogP contribution in [0.1, 0.15) is 41.3 Å². The number of anilines is 1. The van der Waals surface area contributed by atoms with E-state index < -0.39 is 29.9 Å². The molecule has 1 aliphatic rings. The Bertz CT molecular complexity index is 1250. The van der Waals surface area contributed by atoms with Gasteiger partial charge in [0.15, 0.2) is 0 Å². The minimum atomic E-state index is -1.25. The van der Waals surface area contributed by atoms with Gasteiger partial charge in [0.25, 0.3) is 0 Å². The number of carboxylic acid groups (broad SMARTS) is 1. The van der Waals surface area contributed by atoms with Crippen molar-refractivity contribution >= 4 is 35.3 Å². The molecule has 8 heteroatoms. The van der Waals surface area contributed by atoms with Gasteiger partial charge in [-0.05, 0) is 41.3 Å². The summed E-state index contributed by atoms with van der Waals surface area (Å²) in [5, 5.41) is 14.7. The Hall–Kier alpha value is -3.84. The fourth-order valence-electron chi connectivity index (χ4n) is 4.27. The molecule has 0 heterocycles. The van der Waals surface area contributed by atoms with Crippen molar-refractivity contribution in [2.75, 3.05) is 11.9 Å². The van der Waals surface area contributed by atoms with Gasteiger partial charge in [0.1, 0.15) is 12.2 Å². The number of carboxylic acids is 1. The van der Waals surface area contributed by atoms with Crippen molar-refractivity contribution in [1.29, 1.82) is 0 Å². The van der Waals surface area contributed by atoms with Gasteiger partial charge in [-0.3, -0.25) is 4.79 Å². The smallest absolute Gasteiger partial charge is 0.407 e. The number of nitrogens with one attached hydrogen (secondary N) is 2. The highest BCUT2D eigenvalue weighted by atomic mass is 35.5. The average Bonchev–Trinajstić information content (AvgIpc) is 3.15. The van der Waals surface area contributed by atoms with Crippen LogP contribution >= 0.6 is 11.6 Å². The summed E-state index contributed by atoms with van der Waals surface area (Å²) in [6.45, 7) is 3.48. The molecular formula is C27H25ClN2O5. The number of carbonyl (C=O) groups is 3. The molecule has 2 amide bonds. The van der Waals surface area contributed by atoms with E-state index in [2.05, 4.69) is 22.8 Å². The Morgan fingerprint density at radius 3 is 2.14 bits per heavy atom. The molecule has 0 spiro atoms. The fraction of sp³-hybridized carbons (Fsp3) is 0.222. The first-order valence-corrected chi connectivity index (χ1v) is 11.6. The largest absolute Gasteiger partial charge is 0.478 e. The number of carbonyl (C=O) groups excluding carboxylic acids is 2. The highest BCUT2D eigenvalue weighted by molar-refractivity contribution is 6.34. The minimum Gasteiger partial charge on any atom is -0.478 e. The second kappa shape index (κ2) is 10.2. The van der Waals surface area contributed by atoms with E-state index in [1.165, 1.54) is 12.1 Å². The zero-order valence-corrected chi connectivity index (χ0v) is 20.0. The van der Waals surface area contributed by atoms with Crippen LogP contribution in [0.5, 0.6) is 0 Å². The molecule has 3 aromatic carbocycles. The van der Waals surface area contributed by atoms with Crippen molar-refractivity contribution in [2.45, 2.75) is 25.8 Å². The first-order valence-electron chi connectivity index (χ1n) is 11.2. The maximum absolute atomic E-state index is 12.7. The van der Waals surface area contributed by atoms with Crippen LogP contribution in [-0.2, 0) is 9.53 Å². The molecule has 4 rings (SSSR count). The van der Waals surface area contributed by atoms with Gasteiger partial charge in [0.05, 0.1) is 16.6 Å². The van der Waals surface area contributed by atoms with Crippen LogP contribution in [0.25, 0.3) is 11.1 Å². The molecule has 0 bridgehead atoms. The Kier molecular flexibility index (Phi) is 7.07. The molecule has 3 N–H and O–H groups in total. The summed E-state index contributed by atoms with van der Waals surface area (Å²) in [5.74, 6) is -2.44. The van der Waals surface area contributed by atoms with Crippen LogP contribution in [0, 0.1) is 5.92 Å². The molecule has 2 unspecified atom stereocenters. The maximum atomic E-state index is 12.7. The number of rotatable bonds is 7. The summed E-state index contributed by atoms with van der Waals surface area (Å²) in [5.41, 5.74) is 4.40. The molecule has 35 heavy (non-hydrogen) atoms. The monoisotopic (exact) mass is 492 g/mol. The molecular weight excluding hydrogens is 468 g/mol. The summed E-state index contributed by atoms with van der Waals surface area (Å²) in [6, 6.07) is 20.0. The number of ether oxygens (including phenoxy) is 1. The fourth-order valence-corrected chi connectivity index (χ4v) is 4.53. The lowest BCUT2D eigenvalue weighted by atomic mass is 9.98. The molecule has 7 nitrogen and oxygen atoms in total. The maximum Gasteiger partial charge on any atom is 0.407 e. The van der Waals surface area contributed by atoms with E-state index in [1.54, 1.807) is 19.9 Å². The predicted octanol–water partition coefficient (Wildman–Crippen LogP) is 5.54. The Morgan fingerprint density at radius 1 is 0.943 bits per heavy atom. The topological polar surface area (TPSA) is 105 Å². The van der Waals surface area contributed by atoms with E-state index in [9.17, 15) is 19.5 Å². The van der Waals surface area contributed by atoms with Gasteiger partial charge < -0.3 is 20.5 Å². The number of fused-ring (bicyclic) bond motifs is 3. The summed E-state index contributed by atoms with van der Waals surface area (Å²) < 4.78 is 5.55. The zero-order chi connectivity index (χ0) is 25.1. The molecule has 3 aromatic rings. The number of alkyl carbamates (subject to hydrolysis) is 1. The molecule has 0 aromatic heterocycles. The quantitative estimate of drug-likeness (QED) is 0.401. The summed E-state index contributed by atoms with van der Waals surface area (Å²) in [4.78, 5) is 36.8. The number of amides is 2. The lowest BCUT2D eigenvalue weighted by Crippen LogP contribution is -2.42. The van der Waals surface area contributed by atoms with Crippen molar-refractivity contribution < 1.29 is 24.2 Å². The van der Waals surface area contributed by atoms with Gasteiger partial charge in [-0.15, -0.1) is 0 Å². The Balaban J connectivity index is 1.37. The van der Waals surface area contributed by atoms with Crippen molar-refractivity contribution in [2.24, 2.45) is 5.92 Å². The summed E-state index contributed by atoms with van der Waals surface area (Å²) in [7, 11) is 0. The van der Waals surface area contributed by atoms with Crippen molar-refractivity contribution in [3.8, 4) is 11.1 Å². The van der Waals surface area contributed by atoms with Crippen LogP contribution in [0.15, 0.2) is 66.7 Å². The number of hydrogen-bond acceptors (Lipinski definition) is 4. The van der Waals surface area contributed by atoms with E-state index in [0.717, 1.165) is 22.3 Å². The lowest BCUT2D eigenvalue weighted by Gasteiger charge is -2.22. The standard InChI is InChI=1S/C27H25ClN2O5/c1-15(25(31)30-23-13-7-12-22(28)24(23)26(32)33)16(2)29-27(34)35-14-21-19-10-5-3-8-17(19)18-9-4-6-11-20(18)21/h3-13,15-16,21H,14H2,1-2H3,(H,29,34)(H,30,31)(H,32,33). The highest BCUT2D eigenvalue weighted by Crippen LogP contribution is 2.44. The molecule has 0 fully saturated rings. The SMILES string of the molecule is CC(NC(=O)OCC1c2ccccc2-c2ccccc21)C(C)C(=O)Nc1cccc(Cl)c1C(=O)O. The van der Waals surface area contributed by atoms with Crippen LogP contribution in [-0.4, -0.2) is 35.7 Å². The number of benzene rings is 3. The third kappa shape index (κ3) is 5.00. The Labute approximate surface area is 208 Å². The normalized spacial score (nSPS) is 13.8. The van der Waals surface area contributed by atoms with E-state index in [4.69, 9.17) is 16.3 Å². The van der Waals surface area contributed by atoms with Gasteiger partial charge in [-0.25, -0.2) is 9.59 Å². The molecule has 2 atom stereocenters. The van der Waals surface area contributed by atoms with E-state index >= 15 is 0 Å². The average molecular weight is 493 g/mol. The van der Waals surface area contributed by atoms with Gasteiger partial charge in [0, 0.05) is 12.0 Å². The number of aromatic carboxylic acids is 1.